The number of nitrogens with zero attached hydrogens (tertiary/aromatic N) is 2. The van der Waals surface area contributed by atoms with Gasteiger partial charge in [0.15, 0.2) is 5.96 Å². The van der Waals surface area contributed by atoms with E-state index in [-0.39, 0.29) is 24.0 Å². The second-order valence-corrected chi connectivity index (χ2v) is 8.27. The smallest absolute Gasteiger partial charge is 0.191 e. The SMILES string of the molecule is COc1ccc(CCNC(=NCCc2ccco2)NC2CCN(C3CC3)CC2)cc1.I. The molecule has 1 saturated carbocycles. The van der Waals surface area contributed by atoms with Crippen LogP contribution in [0.2, 0.25) is 0 Å². The van der Waals surface area contributed by atoms with Gasteiger partial charge in [-0.1, -0.05) is 12.1 Å². The van der Waals surface area contributed by atoms with E-state index in [1.165, 1.54) is 44.3 Å². The van der Waals surface area contributed by atoms with Crippen LogP contribution >= 0.6 is 24.0 Å². The molecule has 2 aromatic rings. The summed E-state index contributed by atoms with van der Waals surface area (Å²) in [6, 6.07) is 13.6. The summed E-state index contributed by atoms with van der Waals surface area (Å²) in [5, 5.41) is 7.22. The largest absolute Gasteiger partial charge is 0.497 e. The molecule has 31 heavy (non-hydrogen) atoms. The molecule has 2 fully saturated rings. The Balaban J connectivity index is 0.00000272. The molecule has 0 amide bonds. The zero-order chi connectivity index (χ0) is 20.6. The number of hydrogen-bond acceptors (Lipinski definition) is 4. The summed E-state index contributed by atoms with van der Waals surface area (Å²) in [6.45, 7) is 3.97. The maximum Gasteiger partial charge on any atom is 0.191 e. The van der Waals surface area contributed by atoms with Crippen molar-refractivity contribution in [3.8, 4) is 5.75 Å². The third-order valence-corrected chi connectivity index (χ3v) is 6.01. The third kappa shape index (κ3) is 7.71. The Morgan fingerprint density at radius 1 is 1.10 bits per heavy atom. The number of ether oxygens (including phenoxy) is 1. The molecule has 1 aliphatic carbocycles. The van der Waals surface area contributed by atoms with Crippen molar-refractivity contribution in [2.75, 3.05) is 33.3 Å². The van der Waals surface area contributed by atoms with Crippen molar-refractivity contribution in [1.29, 1.82) is 0 Å². The molecule has 2 heterocycles. The number of hydrogen-bond donors (Lipinski definition) is 2. The summed E-state index contributed by atoms with van der Waals surface area (Å²) in [4.78, 5) is 7.47. The molecule has 7 heteroatoms. The van der Waals surface area contributed by atoms with Gasteiger partial charge in [0.05, 0.1) is 13.4 Å². The highest BCUT2D eigenvalue weighted by Crippen LogP contribution is 2.29. The summed E-state index contributed by atoms with van der Waals surface area (Å²) in [5.41, 5.74) is 1.29. The highest BCUT2D eigenvalue weighted by molar-refractivity contribution is 14.0. The lowest BCUT2D eigenvalue weighted by Gasteiger charge is -2.33. The van der Waals surface area contributed by atoms with E-state index in [0.717, 1.165) is 42.9 Å². The molecule has 1 aromatic carbocycles. The first-order chi connectivity index (χ1) is 14.8. The molecule has 0 bridgehead atoms. The van der Waals surface area contributed by atoms with E-state index >= 15 is 0 Å². The van der Waals surface area contributed by atoms with Gasteiger partial charge in [0.2, 0.25) is 0 Å². The van der Waals surface area contributed by atoms with Gasteiger partial charge >= 0.3 is 0 Å². The summed E-state index contributed by atoms with van der Waals surface area (Å²) in [6.07, 6.45) is 8.65. The van der Waals surface area contributed by atoms with Crippen LogP contribution in [0.3, 0.4) is 0 Å². The molecule has 4 rings (SSSR count). The number of methoxy groups -OCH3 is 1. The van der Waals surface area contributed by atoms with Gasteiger partial charge in [-0.25, -0.2) is 0 Å². The van der Waals surface area contributed by atoms with Gasteiger partial charge in [-0.15, -0.1) is 24.0 Å². The van der Waals surface area contributed by atoms with Gasteiger partial charge in [-0.3, -0.25) is 4.99 Å². The highest BCUT2D eigenvalue weighted by atomic mass is 127. The van der Waals surface area contributed by atoms with Crippen LogP contribution in [-0.2, 0) is 12.8 Å². The summed E-state index contributed by atoms with van der Waals surface area (Å²) in [7, 11) is 1.70. The fraction of sp³-hybridized carbons (Fsp3) is 0.542. The second-order valence-electron chi connectivity index (χ2n) is 8.27. The van der Waals surface area contributed by atoms with Crippen molar-refractivity contribution in [3.05, 3.63) is 54.0 Å². The van der Waals surface area contributed by atoms with Crippen LogP contribution in [0, 0.1) is 0 Å². The Kier molecular flexibility index (Phi) is 9.52. The molecule has 6 nitrogen and oxygen atoms in total. The Morgan fingerprint density at radius 3 is 2.52 bits per heavy atom. The summed E-state index contributed by atoms with van der Waals surface area (Å²) < 4.78 is 10.7. The van der Waals surface area contributed by atoms with Crippen LogP contribution in [0.4, 0.5) is 0 Å². The van der Waals surface area contributed by atoms with Gasteiger partial charge in [0.1, 0.15) is 11.5 Å². The molecule has 0 radical (unpaired) electrons. The number of rotatable bonds is 9. The molecule has 0 atom stereocenters. The number of likely N-dealkylation sites (tertiary alicyclic amines) is 1. The first-order valence-electron chi connectivity index (χ1n) is 11.2. The van der Waals surface area contributed by atoms with Crippen molar-refractivity contribution < 1.29 is 9.15 Å². The Morgan fingerprint density at radius 2 is 1.87 bits per heavy atom. The molecular formula is C24H35IN4O2. The number of benzene rings is 1. The summed E-state index contributed by atoms with van der Waals surface area (Å²) >= 11 is 0. The van der Waals surface area contributed by atoms with E-state index in [1.807, 2.05) is 24.3 Å². The van der Waals surface area contributed by atoms with Crippen LogP contribution in [0.25, 0.3) is 0 Å². The Bertz CT molecular complexity index is 782. The van der Waals surface area contributed by atoms with Crippen molar-refractivity contribution in [1.82, 2.24) is 15.5 Å². The second kappa shape index (κ2) is 12.3. The maximum atomic E-state index is 5.44. The van der Waals surface area contributed by atoms with E-state index in [0.29, 0.717) is 12.6 Å². The predicted molar refractivity (Wildman–Crippen MR) is 136 cm³/mol. The van der Waals surface area contributed by atoms with Gasteiger partial charge in [0.25, 0.3) is 0 Å². The Hall–Kier alpha value is -1.74. The first-order valence-corrected chi connectivity index (χ1v) is 11.2. The fourth-order valence-electron chi connectivity index (χ4n) is 4.04. The minimum atomic E-state index is 0. The van der Waals surface area contributed by atoms with Crippen molar-refractivity contribution in [2.45, 2.75) is 50.6 Å². The van der Waals surface area contributed by atoms with Crippen LogP contribution in [0.15, 0.2) is 52.1 Å². The lowest BCUT2D eigenvalue weighted by atomic mass is 10.1. The highest BCUT2D eigenvalue weighted by Gasteiger charge is 2.31. The van der Waals surface area contributed by atoms with E-state index in [9.17, 15) is 0 Å². The predicted octanol–water partition coefficient (Wildman–Crippen LogP) is 3.85. The molecule has 2 N–H and O–H groups in total. The van der Waals surface area contributed by atoms with Crippen LogP contribution in [0.1, 0.15) is 37.0 Å². The minimum absolute atomic E-state index is 0. The standard InChI is InChI=1S/C24H34N4O2.HI/c1-29-22-8-4-19(5-9-22)10-14-25-24(26-15-11-23-3-2-18-30-23)27-20-12-16-28(17-13-20)21-6-7-21;/h2-5,8-9,18,20-21H,6-7,10-17H2,1H3,(H2,25,26,27);1H. The number of aliphatic imine (C=N–C) groups is 1. The number of piperidine rings is 1. The number of nitrogens with one attached hydrogen (secondary N) is 2. The zero-order valence-electron chi connectivity index (χ0n) is 18.4. The van der Waals surface area contributed by atoms with Crippen LogP contribution in [-0.4, -0.2) is 56.2 Å². The topological polar surface area (TPSA) is 62.0 Å². The average molecular weight is 538 g/mol. The quantitative estimate of drug-likeness (QED) is 0.289. The molecule has 1 aromatic heterocycles. The van der Waals surface area contributed by atoms with Crippen LogP contribution in [0.5, 0.6) is 5.75 Å². The Labute approximate surface area is 202 Å². The molecule has 2 aliphatic rings. The van der Waals surface area contributed by atoms with E-state index in [2.05, 4.69) is 27.7 Å². The molecule has 1 aliphatic heterocycles. The van der Waals surface area contributed by atoms with Gasteiger partial charge in [-0.2, -0.15) is 0 Å². The first kappa shape index (κ1) is 23.9. The average Bonchev–Trinajstić information content (AvgIpc) is 3.50. The molecule has 1 saturated heterocycles. The van der Waals surface area contributed by atoms with Crippen molar-refractivity contribution in [2.24, 2.45) is 4.99 Å². The number of guanidine groups is 1. The number of halogens is 1. The normalized spacial score (nSPS) is 17.8. The lowest BCUT2D eigenvalue weighted by molar-refractivity contribution is 0.197. The van der Waals surface area contributed by atoms with Crippen molar-refractivity contribution >= 4 is 29.9 Å². The third-order valence-electron chi connectivity index (χ3n) is 6.01. The van der Waals surface area contributed by atoms with Crippen LogP contribution < -0.4 is 15.4 Å². The van der Waals surface area contributed by atoms with Gasteiger partial charge in [-0.05, 0) is 61.9 Å². The lowest BCUT2D eigenvalue weighted by Crippen LogP contribution is -2.49. The zero-order valence-corrected chi connectivity index (χ0v) is 20.7. The van der Waals surface area contributed by atoms with Crippen molar-refractivity contribution in [3.63, 3.8) is 0 Å². The summed E-state index contributed by atoms with van der Waals surface area (Å²) in [5.74, 6) is 2.79. The van der Waals surface area contributed by atoms with E-state index in [1.54, 1.807) is 13.4 Å². The van der Waals surface area contributed by atoms with E-state index in [4.69, 9.17) is 14.1 Å². The fourth-order valence-corrected chi connectivity index (χ4v) is 4.04. The molecule has 0 unspecified atom stereocenters. The van der Waals surface area contributed by atoms with Gasteiger partial charge < -0.3 is 24.7 Å². The molecule has 0 spiro atoms. The minimum Gasteiger partial charge on any atom is -0.497 e. The molecule has 170 valence electrons. The number of furan rings is 1. The monoisotopic (exact) mass is 538 g/mol. The molecular weight excluding hydrogens is 503 g/mol. The van der Waals surface area contributed by atoms with E-state index < -0.39 is 0 Å². The maximum absolute atomic E-state index is 5.44. The van der Waals surface area contributed by atoms with Gasteiger partial charge in [0, 0.05) is 44.7 Å².